The fourth-order valence-electron chi connectivity index (χ4n) is 4.46. The predicted octanol–water partition coefficient (Wildman–Crippen LogP) is 2.60. The first-order valence-electron chi connectivity index (χ1n) is 11.9. The molecular weight excluding hydrogens is 512 g/mol. The number of likely N-dealkylation sites (tertiary alicyclic amines) is 1. The van der Waals surface area contributed by atoms with Crippen molar-refractivity contribution in [2.75, 3.05) is 57.3 Å². The Bertz CT molecular complexity index is 1260. The molecule has 0 unspecified atom stereocenters. The van der Waals surface area contributed by atoms with E-state index in [1.807, 2.05) is 4.90 Å². The monoisotopic (exact) mass is 537 g/mol. The Morgan fingerprint density at radius 1 is 1.11 bits per heavy atom. The summed E-state index contributed by atoms with van der Waals surface area (Å²) >= 11 is 5.67. The molecule has 11 nitrogen and oxygen atoms in total. The fraction of sp³-hybridized carbons (Fsp3) is 0.522. The molecular formula is C23H26ClF2N7O4. The van der Waals surface area contributed by atoms with E-state index >= 15 is 0 Å². The number of hydrogen-bond donors (Lipinski definition) is 0. The zero-order chi connectivity index (χ0) is 25.9. The molecule has 0 aliphatic carbocycles. The van der Waals surface area contributed by atoms with Crippen molar-refractivity contribution in [1.82, 2.24) is 29.4 Å². The van der Waals surface area contributed by atoms with Crippen LogP contribution >= 0.6 is 11.6 Å². The van der Waals surface area contributed by atoms with Crippen LogP contribution in [0.15, 0.2) is 18.2 Å². The molecule has 0 radical (unpaired) electrons. The number of nitrogens with zero attached hydrogens (tertiary/aromatic N) is 7. The Morgan fingerprint density at radius 2 is 1.84 bits per heavy atom. The number of amides is 1. The highest BCUT2D eigenvalue weighted by atomic mass is 35.5. The second kappa shape index (κ2) is 11.0. The van der Waals surface area contributed by atoms with Gasteiger partial charge in [-0.3, -0.25) is 9.36 Å². The molecule has 3 aromatic rings. The Hall–Kier alpha value is -3.32. The zero-order valence-corrected chi connectivity index (χ0v) is 20.9. The van der Waals surface area contributed by atoms with Crippen molar-refractivity contribution in [3.05, 3.63) is 24.0 Å². The normalized spacial score (nSPS) is 17.0. The van der Waals surface area contributed by atoms with Gasteiger partial charge >= 0.3 is 6.01 Å². The van der Waals surface area contributed by atoms with E-state index < -0.39 is 12.2 Å². The summed E-state index contributed by atoms with van der Waals surface area (Å²) in [7, 11) is 1.45. The van der Waals surface area contributed by atoms with Crippen LogP contribution < -0.4 is 14.4 Å². The minimum atomic E-state index is -2.89. The molecule has 0 N–H and O–H groups in total. The predicted molar refractivity (Wildman–Crippen MR) is 130 cm³/mol. The molecule has 198 valence electrons. The number of para-hydroxylation sites is 1. The summed E-state index contributed by atoms with van der Waals surface area (Å²) in [5.74, 6) is -0.0938. The van der Waals surface area contributed by atoms with Gasteiger partial charge in [-0.25, -0.2) is 13.8 Å². The molecule has 0 bridgehead atoms. The van der Waals surface area contributed by atoms with Crippen LogP contribution in [0, 0.1) is 0 Å². The average Bonchev–Trinajstić information content (AvgIpc) is 3.34. The van der Waals surface area contributed by atoms with Gasteiger partial charge in [0.1, 0.15) is 23.3 Å². The Balaban J connectivity index is 1.54. The lowest BCUT2D eigenvalue weighted by molar-refractivity contribution is -0.130. The lowest BCUT2D eigenvalue weighted by atomic mass is 10.1. The summed E-state index contributed by atoms with van der Waals surface area (Å²) in [6.07, 6.45) is -2.04. The number of benzene rings is 1. The van der Waals surface area contributed by atoms with Crippen LogP contribution in [0.5, 0.6) is 11.8 Å². The van der Waals surface area contributed by atoms with Crippen molar-refractivity contribution in [3.8, 4) is 17.7 Å². The summed E-state index contributed by atoms with van der Waals surface area (Å²) in [6.45, 7) is 3.01. The van der Waals surface area contributed by atoms with E-state index in [1.54, 1.807) is 23.1 Å². The topological polar surface area (TPSA) is 108 Å². The zero-order valence-electron chi connectivity index (χ0n) is 20.1. The number of ether oxygens (including phenoxy) is 3. The molecule has 2 fully saturated rings. The number of halogens is 3. The molecule has 1 amide bonds. The first-order valence-corrected chi connectivity index (χ1v) is 12.4. The lowest BCUT2D eigenvalue weighted by Gasteiger charge is -2.31. The summed E-state index contributed by atoms with van der Waals surface area (Å²) in [5.41, 5.74) is 0.639. The molecule has 37 heavy (non-hydrogen) atoms. The van der Waals surface area contributed by atoms with Gasteiger partial charge in [-0.15, -0.1) is 11.6 Å². The van der Waals surface area contributed by atoms with E-state index in [2.05, 4.69) is 19.9 Å². The van der Waals surface area contributed by atoms with Crippen LogP contribution in [0.25, 0.3) is 17.0 Å². The standard InChI is InChI=1S/C23H26ClF2N7O4/c1-35-16-4-2-3-15-18(16)27-20(19(25)26)33(15)22-28-21(32-9-11-36-12-10-32)29-23(30-22)37-14-5-7-31(8-6-14)17(34)13-24/h2-4,14,19H,5-13H2,1H3. The number of morpholine rings is 1. The molecule has 0 spiro atoms. The molecule has 2 aromatic heterocycles. The SMILES string of the molecule is COc1cccc2c1nc(C(F)F)n2-c1nc(OC2CCN(C(=O)CCl)CC2)nc(N2CCOCC2)n1. The van der Waals surface area contributed by atoms with Crippen molar-refractivity contribution in [2.45, 2.75) is 25.4 Å². The first-order chi connectivity index (χ1) is 18.0. The van der Waals surface area contributed by atoms with Crippen molar-refractivity contribution in [2.24, 2.45) is 0 Å². The van der Waals surface area contributed by atoms with Crippen LogP contribution in [0.1, 0.15) is 25.1 Å². The highest BCUT2D eigenvalue weighted by Crippen LogP contribution is 2.32. The molecule has 2 aliphatic heterocycles. The number of hydrogen-bond acceptors (Lipinski definition) is 9. The van der Waals surface area contributed by atoms with Gasteiger partial charge in [0.15, 0.2) is 5.82 Å². The van der Waals surface area contributed by atoms with Gasteiger partial charge < -0.3 is 24.0 Å². The largest absolute Gasteiger partial charge is 0.494 e. The van der Waals surface area contributed by atoms with Gasteiger partial charge in [0.05, 0.1) is 25.8 Å². The summed E-state index contributed by atoms with van der Waals surface area (Å²) in [5, 5.41) is 0. The number of carbonyl (C=O) groups excluding carboxylic acids is 1. The summed E-state index contributed by atoms with van der Waals surface area (Å²) < 4.78 is 46.4. The van der Waals surface area contributed by atoms with E-state index in [4.69, 9.17) is 25.8 Å². The maximum absolute atomic E-state index is 14.2. The summed E-state index contributed by atoms with van der Waals surface area (Å²) in [6, 6.07) is 5.00. The highest BCUT2D eigenvalue weighted by Gasteiger charge is 2.28. The Kier molecular flexibility index (Phi) is 7.51. The number of carbonyl (C=O) groups is 1. The average molecular weight is 538 g/mol. The maximum atomic E-state index is 14.2. The third kappa shape index (κ3) is 5.23. The lowest BCUT2D eigenvalue weighted by Crippen LogP contribution is -2.42. The van der Waals surface area contributed by atoms with Gasteiger partial charge in [0.2, 0.25) is 17.8 Å². The van der Waals surface area contributed by atoms with Crippen LogP contribution in [0.3, 0.4) is 0 Å². The number of methoxy groups -OCH3 is 1. The van der Waals surface area contributed by atoms with E-state index in [9.17, 15) is 13.6 Å². The van der Waals surface area contributed by atoms with E-state index in [1.165, 1.54) is 11.7 Å². The van der Waals surface area contributed by atoms with Crippen molar-refractivity contribution < 1.29 is 27.8 Å². The summed E-state index contributed by atoms with van der Waals surface area (Å²) in [4.78, 5) is 33.1. The number of imidazole rings is 1. The van der Waals surface area contributed by atoms with Crippen molar-refractivity contribution in [3.63, 3.8) is 0 Å². The molecule has 4 heterocycles. The minimum absolute atomic E-state index is 0.0126. The van der Waals surface area contributed by atoms with Gasteiger partial charge in [-0.1, -0.05) is 6.07 Å². The second-order valence-electron chi connectivity index (χ2n) is 8.58. The molecule has 2 aliphatic rings. The maximum Gasteiger partial charge on any atom is 0.323 e. The van der Waals surface area contributed by atoms with Crippen molar-refractivity contribution in [1.29, 1.82) is 0 Å². The van der Waals surface area contributed by atoms with Gasteiger partial charge in [0.25, 0.3) is 6.43 Å². The van der Waals surface area contributed by atoms with Gasteiger partial charge in [-0.2, -0.15) is 15.0 Å². The Labute approximate surface area is 216 Å². The van der Waals surface area contributed by atoms with Crippen molar-refractivity contribution >= 4 is 34.5 Å². The number of fused-ring (bicyclic) bond motifs is 1. The van der Waals surface area contributed by atoms with E-state index in [-0.39, 0.29) is 35.4 Å². The second-order valence-corrected chi connectivity index (χ2v) is 8.85. The molecule has 14 heteroatoms. The van der Waals surface area contributed by atoms with Crippen LogP contribution in [-0.2, 0) is 9.53 Å². The quantitative estimate of drug-likeness (QED) is 0.420. The number of rotatable bonds is 7. The van der Waals surface area contributed by atoms with E-state index in [0.717, 1.165) is 0 Å². The molecule has 0 saturated carbocycles. The Morgan fingerprint density at radius 3 is 2.51 bits per heavy atom. The third-order valence-electron chi connectivity index (χ3n) is 6.36. The number of aromatic nitrogens is 5. The number of alkyl halides is 3. The number of piperidine rings is 1. The minimum Gasteiger partial charge on any atom is -0.494 e. The van der Waals surface area contributed by atoms with Crippen LogP contribution in [0.2, 0.25) is 0 Å². The first kappa shape index (κ1) is 25.3. The van der Waals surface area contributed by atoms with Crippen LogP contribution in [0.4, 0.5) is 14.7 Å². The molecule has 1 aromatic carbocycles. The van der Waals surface area contributed by atoms with Gasteiger partial charge in [-0.05, 0) is 12.1 Å². The fourth-order valence-corrected chi connectivity index (χ4v) is 4.63. The molecule has 2 saturated heterocycles. The number of anilines is 1. The molecule has 5 rings (SSSR count). The van der Waals surface area contributed by atoms with E-state index in [0.29, 0.717) is 69.4 Å². The van der Waals surface area contributed by atoms with Crippen LogP contribution in [-0.4, -0.2) is 93.8 Å². The molecule has 0 atom stereocenters. The highest BCUT2D eigenvalue weighted by molar-refractivity contribution is 6.27. The smallest absolute Gasteiger partial charge is 0.323 e. The van der Waals surface area contributed by atoms with Gasteiger partial charge in [0, 0.05) is 39.0 Å². The third-order valence-corrected chi connectivity index (χ3v) is 6.58.